The molecule has 2 rings (SSSR count). The highest BCUT2D eigenvalue weighted by Gasteiger charge is 2.05. The molecule has 0 saturated heterocycles. The van der Waals surface area contributed by atoms with Crippen LogP contribution in [0.5, 0.6) is 5.75 Å². The average molecular weight is 242 g/mol. The van der Waals surface area contributed by atoms with Crippen LogP contribution in [-0.4, -0.2) is 7.11 Å². The lowest BCUT2D eigenvalue weighted by atomic mass is 10.1. The van der Waals surface area contributed by atoms with Crippen LogP contribution < -0.4 is 15.8 Å². The van der Waals surface area contributed by atoms with Crippen LogP contribution in [-0.2, 0) is 0 Å². The molecule has 0 atom stereocenters. The second kappa shape index (κ2) is 5.00. The van der Waals surface area contributed by atoms with Crippen LogP contribution in [0.3, 0.4) is 0 Å². The summed E-state index contributed by atoms with van der Waals surface area (Å²) in [4.78, 5) is 0. The van der Waals surface area contributed by atoms with Crippen molar-refractivity contribution in [3.8, 4) is 5.75 Å². The van der Waals surface area contributed by atoms with Gasteiger partial charge < -0.3 is 15.8 Å². The molecule has 0 aromatic heterocycles. The molecule has 3 N–H and O–H groups in total. The average Bonchev–Trinajstić information content (AvgIpc) is 2.30. The molecule has 0 aliphatic heterocycles. The second-order valence-electron chi connectivity index (χ2n) is 4.42. The summed E-state index contributed by atoms with van der Waals surface area (Å²) in [6.07, 6.45) is 0. The highest BCUT2D eigenvalue weighted by molar-refractivity contribution is 5.77. The molecular formula is C15H18N2O. The first-order valence-corrected chi connectivity index (χ1v) is 5.88. The van der Waals surface area contributed by atoms with E-state index in [2.05, 4.69) is 37.4 Å². The number of nitrogen functional groups attached to an aromatic ring is 1. The predicted molar refractivity (Wildman–Crippen MR) is 76.6 cm³/mol. The standard InChI is InChI=1S/C15H18N2O/c1-10-7-11(2)9-12(8-10)17-13-5-4-6-14(18-3)15(13)16/h4-9,17H,16H2,1-3H3. The fourth-order valence-corrected chi connectivity index (χ4v) is 2.03. The smallest absolute Gasteiger partial charge is 0.143 e. The highest BCUT2D eigenvalue weighted by atomic mass is 16.5. The van der Waals surface area contributed by atoms with Gasteiger partial charge in [0.2, 0.25) is 0 Å². The summed E-state index contributed by atoms with van der Waals surface area (Å²) in [5.74, 6) is 0.685. The van der Waals surface area contributed by atoms with Crippen molar-refractivity contribution >= 4 is 17.1 Å². The maximum Gasteiger partial charge on any atom is 0.143 e. The van der Waals surface area contributed by atoms with Gasteiger partial charge in [0.15, 0.2) is 0 Å². The summed E-state index contributed by atoms with van der Waals surface area (Å²) in [6.45, 7) is 4.15. The minimum Gasteiger partial charge on any atom is -0.495 e. The molecule has 0 fully saturated rings. The zero-order valence-electron chi connectivity index (χ0n) is 10.9. The number of anilines is 3. The molecule has 3 nitrogen and oxygen atoms in total. The maximum atomic E-state index is 6.03. The minimum absolute atomic E-state index is 0.624. The molecule has 3 heteroatoms. The number of methoxy groups -OCH3 is 1. The van der Waals surface area contributed by atoms with Crippen molar-refractivity contribution < 1.29 is 4.74 Å². The summed E-state index contributed by atoms with van der Waals surface area (Å²) in [7, 11) is 1.62. The van der Waals surface area contributed by atoms with Crippen molar-refractivity contribution in [2.24, 2.45) is 0 Å². The quantitative estimate of drug-likeness (QED) is 0.808. The molecule has 0 aliphatic rings. The van der Waals surface area contributed by atoms with E-state index >= 15 is 0 Å². The Balaban J connectivity index is 2.34. The summed E-state index contributed by atoms with van der Waals surface area (Å²) in [5, 5.41) is 3.32. The molecule has 0 unspecified atom stereocenters. The number of hydrogen-bond acceptors (Lipinski definition) is 3. The predicted octanol–water partition coefficient (Wildman–Crippen LogP) is 3.64. The van der Waals surface area contributed by atoms with Gasteiger partial charge in [0.25, 0.3) is 0 Å². The van der Waals surface area contributed by atoms with Gasteiger partial charge in [-0.3, -0.25) is 0 Å². The zero-order chi connectivity index (χ0) is 13.1. The Labute approximate surface area is 108 Å². The van der Waals surface area contributed by atoms with Crippen molar-refractivity contribution in [1.29, 1.82) is 0 Å². The van der Waals surface area contributed by atoms with Crippen LogP contribution in [0.1, 0.15) is 11.1 Å². The second-order valence-corrected chi connectivity index (χ2v) is 4.42. The van der Waals surface area contributed by atoms with E-state index in [4.69, 9.17) is 10.5 Å². The summed E-state index contributed by atoms with van der Waals surface area (Å²) >= 11 is 0. The van der Waals surface area contributed by atoms with Crippen molar-refractivity contribution in [3.63, 3.8) is 0 Å². The lowest BCUT2D eigenvalue weighted by Gasteiger charge is -2.13. The summed E-state index contributed by atoms with van der Waals surface area (Å²) in [5.41, 5.74) is 11.0. The van der Waals surface area contributed by atoms with Crippen LogP contribution in [0.25, 0.3) is 0 Å². The van der Waals surface area contributed by atoms with Crippen molar-refractivity contribution in [3.05, 3.63) is 47.5 Å². The zero-order valence-corrected chi connectivity index (χ0v) is 10.9. The molecule has 0 spiro atoms. The topological polar surface area (TPSA) is 47.3 Å². The SMILES string of the molecule is COc1cccc(Nc2cc(C)cc(C)c2)c1N. The van der Waals surface area contributed by atoms with Gasteiger partial charge in [-0.1, -0.05) is 12.1 Å². The first-order chi connectivity index (χ1) is 8.60. The van der Waals surface area contributed by atoms with E-state index in [1.165, 1.54) is 11.1 Å². The van der Waals surface area contributed by atoms with Gasteiger partial charge in [0.1, 0.15) is 5.75 Å². The van der Waals surface area contributed by atoms with Crippen LogP contribution in [0, 0.1) is 13.8 Å². The molecule has 0 aliphatic carbocycles. The Hall–Kier alpha value is -2.16. The van der Waals surface area contributed by atoms with E-state index in [1.54, 1.807) is 7.11 Å². The molecule has 18 heavy (non-hydrogen) atoms. The van der Waals surface area contributed by atoms with Gasteiger partial charge in [-0.25, -0.2) is 0 Å². The molecular weight excluding hydrogens is 224 g/mol. The Kier molecular flexibility index (Phi) is 3.42. The van der Waals surface area contributed by atoms with Gasteiger partial charge >= 0.3 is 0 Å². The number of nitrogens with one attached hydrogen (secondary N) is 1. The van der Waals surface area contributed by atoms with Crippen molar-refractivity contribution in [2.45, 2.75) is 13.8 Å². The molecule has 0 heterocycles. The van der Waals surface area contributed by atoms with E-state index in [9.17, 15) is 0 Å². The number of rotatable bonds is 3. The van der Waals surface area contributed by atoms with Gasteiger partial charge in [-0.2, -0.15) is 0 Å². The Morgan fingerprint density at radius 1 is 1.06 bits per heavy atom. The van der Waals surface area contributed by atoms with Crippen LogP contribution in [0.15, 0.2) is 36.4 Å². The first-order valence-electron chi connectivity index (χ1n) is 5.88. The number of benzene rings is 2. The van der Waals surface area contributed by atoms with Gasteiger partial charge in [-0.05, 0) is 49.2 Å². The van der Waals surface area contributed by atoms with E-state index in [0.29, 0.717) is 11.4 Å². The molecule has 0 bridgehead atoms. The number of nitrogens with two attached hydrogens (primary N) is 1. The Morgan fingerprint density at radius 3 is 2.33 bits per heavy atom. The van der Waals surface area contributed by atoms with Crippen molar-refractivity contribution in [2.75, 3.05) is 18.2 Å². The van der Waals surface area contributed by atoms with E-state index < -0.39 is 0 Å². The third-order valence-corrected chi connectivity index (χ3v) is 2.79. The number of para-hydroxylation sites is 1. The van der Waals surface area contributed by atoms with Gasteiger partial charge in [-0.15, -0.1) is 0 Å². The summed E-state index contributed by atoms with van der Waals surface area (Å²) < 4.78 is 5.21. The van der Waals surface area contributed by atoms with Crippen LogP contribution in [0.4, 0.5) is 17.1 Å². The van der Waals surface area contributed by atoms with Crippen molar-refractivity contribution in [1.82, 2.24) is 0 Å². The first kappa shape index (κ1) is 12.3. The molecule has 2 aromatic rings. The fraction of sp³-hybridized carbons (Fsp3) is 0.200. The molecule has 0 saturated carbocycles. The van der Waals surface area contributed by atoms with E-state index in [-0.39, 0.29) is 0 Å². The van der Waals surface area contributed by atoms with Gasteiger partial charge in [0.05, 0.1) is 18.5 Å². The number of aryl methyl sites for hydroxylation is 2. The van der Waals surface area contributed by atoms with Crippen LogP contribution in [0.2, 0.25) is 0 Å². The summed E-state index contributed by atoms with van der Waals surface area (Å²) in [6, 6.07) is 12.0. The van der Waals surface area contributed by atoms with Crippen LogP contribution >= 0.6 is 0 Å². The van der Waals surface area contributed by atoms with E-state index in [0.717, 1.165) is 11.4 Å². The third kappa shape index (κ3) is 2.56. The number of hydrogen-bond donors (Lipinski definition) is 2. The molecule has 0 radical (unpaired) electrons. The Morgan fingerprint density at radius 2 is 1.72 bits per heavy atom. The normalized spacial score (nSPS) is 10.2. The Bertz CT molecular complexity index is 544. The third-order valence-electron chi connectivity index (χ3n) is 2.79. The molecule has 0 amide bonds. The molecule has 94 valence electrons. The fourth-order valence-electron chi connectivity index (χ4n) is 2.03. The number of ether oxygens (including phenoxy) is 1. The monoisotopic (exact) mass is 242 g/mol. The largest absolute Gasteiger partial charge is 0.495 e. The lowest BCUT2D eigenvalue weighted by molar-refractivity contribution is 0.417. The van der Waals surface area contributed by atoms with Gasteiger partial charge in [0, 0.05) is 5.69 Å². The molecule has 2 aromatic carbocycles. The lowest BCUT2D eigenvalue weighted by Crippen LogP contribution is -1.99. The van der Waals surface area contributed by atoms with E-state index in [1.807, 2.05) is 18.2 Å². The highest BCUT2D eigenvalue weighted by Crippen LogP contribution is 2.31. The minimum atomic E-state index is 0.624. The maximum absolute atomic E-state index is 6.03.